The molecule has 1 aromatic rings. The van der Waals surface area contributed by atoms with Crippen molar-refractivity contribution in [3.05, 3.63) is 16.6 Å². The van der Waals surface area contributed by atoms with E-state index in [4.69, 9.17) is 0 Å². The van der Waals surface area contributed by atoms with Gasteiger partial charge in [0.05, 0.1) is 6.04 Å². The summed E-state index contributed by atoms with van der Waals surface area (Å²) in [5, 5.41) is 6.28. The van der Waals surface area contributed by atoms with Crippen molar-refractivity contribution in [1.29, 1.82) is 0 Å². The molecule has 6 heteroatoms. The number of carbonyl (C=O) groups excluding carboxylic acids is 1. The van der Waals surface area contributed by atoms with Gasteiger partial charge in [0, 0.05) is 43.8 Å². The van der Waals surface area contributed by atoms with Crippen molar-refractivity contribution >= 4 is 17.4 Å². The van der Waals surface area contributed by atoms with E-state index in [0.717, 1.165) is 37.2 Å². The Labute approximate surface area is 129 Å². The van der Waals surface area contributed by atoms with Crippen LogP contribution in [0.1, 0.15) is 36.7 Å². The van der Waals surface area contributed by atoms with E-state index in [2.05, 4.69) is 15.2 Å². The van der Waals surface area contributed by atoms with Crippen molar-refractivity contribution in [3.8, 4) is 0 Å². The summed E-state index contributed by atoms with van der Waals surface area (Å²) in [7, 11) is 0. The summed E-state index contributed by atoms with van der Waals surface area (Å²) >= 11 is 1.65. The molecule has 1 saturated heterocycles. The number of urea groups is 1. The molecule has 1 N–H and O–H groups in total. The van der Waals surface area contributed by atoms with Crippen LogP contribution in [0.25, 0.3) is 0 Å². The minimum absolute atomic E-state index is 0.0950. The van der Waals surface area contributed by atoms with Gasteiger partial charge in [0.1, 0.15) is 5.01 Å². The lowest BCUT2D eigenvalue weighted by Gasteiger charge is -2.35. The van der Waals surface area contributed by atoms with Crippen molar-refractivity contribution in [3.63, 3.8) is 0 Å². The normalized spacial score (nSPS) is 24.9. The van der Waals surface area contributed by atoms with Gasteiger partial charge in [-0.1, -0.05) is 0 Å². The van der Waals surface area contributed by atoms with Crippen LogP contribution in [-0.2, 0) is 0 Å². The second-order valence-electron chi connectivity index (χ2n) is 6.39. The van der Waals surface area contributed by atoms with Gasteiger partial charge >= 0.3 is 6.03 Å². The Morgan fingerprint density at radius 3 is 2.57 bits per heavy atom. The van der Waals surface area contributed by atoms with Gasteiger partial charge in [0.25, 0.3) is 0 Å². The Morgan fingerprint density at radius 2 is 2.00 bits per heavy atom. The lowest BCUT2D eigenvalue weighted by molar-refractivity contribution is 0.132. The quantitative estimate of drug-likeness (QED) is 0.926. The van der Waals surface area contributed by atoms with Crippen LogP contribution >= 0.6 is 11.3 Å². The molecular weight excluding hydrogens is 284 g/mol. The molecule has 0 radical (unpaired) electrons. The number of carbonyl (C=O) groups is 1. The first-order valence-electron chi connectivity index (χ1n) is 8.00. The highest BCUT2D eigenvalue weighted by Crippen LogP contribution is 2.41. The summed E-state index contributed by atoms with van der Waals surface area (Å²) in [6.45, 7) is 3.78. The molecule has 0 unspecified atom stereocenters. The summed E-state index contributed by atoms with van der Waals surface area (Å²) in [6, 6.07) is 1.03. The number of hydrogen-bond acceptors (Lipinski definition) is 4. The predicted octanol–water partition coefficient (Wildman–Crippen LogP) is 2.08. The van der Waals surface area contributed by atoms with Crippen LogP contribution in [0.5, 0.6) is 0 Å². The third-order valence-electron chi connectivity index (χ3n) is 4.75. The van der Waals surface area contributed by atoms with Crippen LogP contribution in [0.2, 0.25) is 0 Å². The summed E-state index contributed by atoms with van der Waals surface area (Å²) in [6.07, 6.45) is 6.94. The van der Waals surface area contributed by atoms with E-state index in [1.165, 1.54) is 25.7 Å². The maximum Gasteiger partial charge on any atom is 0.318 e. The first kappa shape index (κ1) is 13.5. The minimum Gasteiger partial charge on any atom is -0.328 e. The fraction of sp³-hybridized carbons (Fsp3) is 0.733. The summed E-state index contributed by atoms with van der Waals surface area (Å²) in [5.74, 6) is 0.591. The molecule has 1 atom stereocenters. The third-order valence-corrected chi connectivity index (χ3v) is 5.61. The average Bonchev–Trinajstić information content (AvgIpc) is 3.43. The highest BCUT2D eigenvalue weighted by atomic mass is 32.1. The van der Waals surface area contributed by atoms with Crippen LogP contribution in [-0.4, -0.2) is 53.0 Å². The molecule has 5 nitrogen and oxygen atoms in total. The van der Waals surface area contributed by atoms with E-state index in [0.29, 0.717) is 5.92 Å². The molecule has 0 bridgehead atoms. The molecule has 3 fully saturated rings. The number of piperazine rings is 1. The fourth-order valence-corrected chi connectivity index (χ4v) is 3.93. The van der Waals surface area contributed by atoms with Crippen molar-refractivity contribution in [2.45, 2.75) is 37.8 Å². The third kappa shape index (κ3) is 3.06. The molecule has 2 amide bonds. The topological polar surface area (TPSA) is 48.5 Å². The van der Waals surface area contributed by atoms with Gasteiger partial charge < -0.3 is 10.2 Å². The van der Waals surface area contributed by atoms with Crippen molar-refractivity contribution in [2.75, 3.05) is 26.2 Å². The standard InChI is InChI=1S/C15H22N4OS/c20-15(19-8-6-18(7-9-19)12-3-4-12)17-13(11-1-2-11)14-16-5-10-21-14/h5,10-13H,1-4,6-9H2,(H,17,20)/t13-/m1/s1. The van der Waals surface area contributed by atoms with Crippen molar-refractivity contribution in [2.24, 2.45) is 5.92 Å². The molecule has 3 aliphatic rings. The van der Waals surface area contributed by atoms with E-state index in [1.807, 2.05) is 16.5 Å². The van der Waals surface area contributed by atoms with E-state index in [-0.39, 0.29) is 12.1 Å². The number of hydrogen-bond donors (Lipinski definition) is 1. The Bertz CT molecular complexity index is 490. The van der Waals surface area contributed by atoms with Crippen molar-refractivity contribution < 1.29 is 4.79 Å². The second-order valence-corrected chi connectivity index (χ2v) is 7.32. The zero-order valence-electron chi connectivity index (χ0n) is 12.2. The number of thiazole rings is 1. The van der Waals surface area contributed by atoms with Gasteiger partial charge in [-0.25, -0.2) is 9.78 Å². The summed E-state index contributed by atoms with van der Waals surface area (Å²) < 4.78 is 0. The van der Waals surface area contributed by atoms with E-state index in [1.54, 1.807) is 11.3 Å². The Kier molecular flexibility index (Phi) is 3.59. The highest BCUT2D eigenvalue weighted by Gasteiger charge is 2.37. The number of nitrogens with zero attached hydrogens (tertiary/aromatic N) is 3. The van der Waals surface area contributed by atoms with Crippen LogP contribution in [0.4, 0.5) is 4.79 Å². The molecule has 1 aromatic heterocycles. The molecule has 2 heterocycles. The van der Waals surface area contributed by atoms with Gasteiger partial charge in [-0.3, -0.25) is 4.90 Å². The monoisotopic (exact) mass is 306 g/mol. The number of rotatable bonds is 4. The zero-order chi connectivity index (χ0) is 14.2. The smallest absolute Gasteiger partial charge is 0.318 e. The average molecular weight is 306 g/mol. The van der Waals surface area contributed by atoms with Crippen LogP contribution in [0.15, 0.2) is 11.6 Å². The molecule has 2 aliphatic carbocycles. The van der Waals surface area contributed by atoms with E-state index < -0.39 is 0 Å². The lowest BCUT2D eigenvalue weighted by atomic mass is 10.2. The first-order valence-corrected chi connectivity index (χ1v) is 8.88. The van der Waals surface area contributed by atoms with Crippen molar-refractivity contribution in [1.82, 2.24) is 20.1 Å². The Balaban J connectivity index is 1.34. The van der Waals surface area contributed by atoms with Crippen LogP contribution < -0.4 is 5.32 Å². The number of amides is 2. The van der Waals surface area contributed by atoms with E-state index >= 15 is 0 Å². The predicted molar refractivity (Wildman–Crippen MR) is 82.3 cm³/mol. The first-order chi connectivity index (χ1) is 10.3. The van der Waals surface area contributed by atoms with Gasteiger partial charge in [-0.05, 0) is 31.6 Å². The Hall–Kier alpha value is -1.14. The number of aromatic nitrogens is 1. The zero-order valence-corrected chi connectivity index (χ0v) is 13.0. The molecule has 0 spiro atoms. The largest absolute Gasteiger partial charge is 0.328 e. The maximum atomic E-state index is 12.5. The molecule has 21 heavy (non-hydrogen) atoms. The van der Waals surface area contributed by atoms with Gasteiger partial charge in [0.2, 0.25) is 0 Å². The summed E-state index contributed by atoms with van der Waals surface area (Å²) in [5.41, 5.74) is 0. The van der Waals surface area contributed by atoms with Crippen LogP contribution in [0.3, 0.4) is 0 Å². The molecule has 114 valence electrons. The van der Waals surface area contributed by atoms with Gasteiger partial charge in [-0.15, -0.1) is 11.3 Å². The molecule has 0 aromatic carbocycles. The van der Waals surface area contributed by atoms with Gasteiger partial charge in [-0.2, -0.15) is 0 Å². The van der Waals surface area contributed by atoms with E-state index in [9.17, 15) is 4.79 Å². The molecule has 2 saturated carbocycles. The maximum absolute atomic E-state index is 12.5. The molecule has 1 aliphatic heterocycles. The van der Waals surface area contributed by atoms with Crippen LogP contribution in [0, 0.1) is 5.92 Å². The summed E-state index contributed by atoms with van der Waals surface area (Å²) in [4.78, 5) is 21.4. The molecule has 4 rings (SSSR count). The molecular formula is C15H22N4OS. The lowest BCUT2D eigenvalue weighted by Crippen LogP contribution is -2.52. The fourth-order valence-electron chi connectivity index (χ4n) is 3.15. The SMILES string of the molecule is O=C(N[C@@H](c1nccs1)C1CC1)N1CCN(C2CC2)CC1. The Morgan fingerprint density at radius 1 is 1.24 bits per heavy atom. The minimum atomic E-state index is 0.0950. The highest BCUT2D eigenvalue weighted by molar-refractivity contribution is 7.09. The second kappa shape index (κ2) is 5.57. The van der Waals surface area contributed by atoms with Gasteiger partial charge in [0.15, 0.2) is 0 Å². The number of nitrogens with one attached hydrogen (secondary N) is 1.